The van der Waals surface area contributed by atoms with Crippen LogP contribution in [0.2, 0.25) is 0 Å². The van der Waals surface area contributed by atoms with Crippen LogP contribution in [0, 0.1) is 0 Å². The maximum absolute atomic E-state index is 2.41. The zero-order valence-corrected chi connectivity index (χ0v) is 9.70. The van der Waals surface area contributed by atoms with Crippen molar-refractivity contribution in [3.63, 3.8) is 0 Å². The average molecular weight is 191 g/mol. The molecule has 0 aliphatic rings. The molecule has 0 aliphatic carbocycles. The normalized spacial score (nSPS) is 13.6. The van der Waals surface area contributed by atoms with E-state index in [1.54, 1.807) is 0 Å². The summed E-state index contributed by atoms with van der Waals surface area (Å²) in [6.07, 6.45) is 1.13. The lowest BCUT2D eigenvalue weighted by Crippen LogP contribution is -2.36. The quantitative estimate of drug-likeness (QED) is 0.707. The Bertz CT molecular complexity index is 253. The molecule has 1 aromatic carbocycles. The van der Waals surface area contributed by atoms with Gasteiger partial charge in [0.1, 0.15) is 0 Å². The van der Waals surface area contributed by atoms with E-state index in [9.17, 15) is 0 Å². The summed E-state index contributed by atoms with van der Waals surface area (Å²) in [4.78, 5) is 2.41. The Morgan fingerprint density at radius 2 is 1.64 bits per heavy atom. The molecular weight excluding hydrogens is 170 g/mol. The van der Waals surface area contributed by atoms with Crippen molar-refractivity contribution in [1.29, 1.82) is 0 Å². The molecule has 0 spiro atoms. The summed E-state index contributed by atoms with van der Waals surface area (Å²) in [7, 11) is 2.19. The molecule has 1 nitrogen and oxygen atoms in total. The average Bonchev–Trinajstić information content (AvgIpc) is 2.18. The predicted octanol–water partition coefficient (Wildman–Crippen LogP) is 2.96. The van der Waals surface area contributed by atoms with E-state index in [2.05, 4.69) is 63.1 Å². The Balaban J connectivity index is 2.53. The van der Waals surface area contributed by atoms with Crippen LogP contribution in [0.25, 0.3) is 0 Å². The smallest absolute Gasteiger partial charge is 0.0107 e. The first-order chi connectivity index (χ1) is 6.61. The second-order valence-corrected chi connectivity index (χ2v) is 4.30. The van der Waals surface area contributed by atoms with Crippen molar-refractivity contribution >= 4 is 0 Å². The van der Waals surface area contributed by atoms with E-state index in [1.807, 2.05) is 0 Å². The maximum Gasteiger partial charge on any atom is 0.0107 e. The van der Waals surface area contributed by atoms with E-state index in [4.69, 9.17) is 0 Å². The van der Waals surface area contributed by atoms with Crippen LogP contribution in [0.4, 0.5) is 0 Å². The number of nitrogens with zero attached hydrogens (tertiary/aromatic N) is 1. The van der Waals surface area contributed by atoms with Crippen LogP contribution < -0.4 is 0 Å². The van der Waals surface area contributed by atoms with Crippen LogP contribution >= 0.6 is 0 Å². The van der Waals surface area contributed by atoms with Crippen LogP contribution in [0.5, 0.6) is 0 Å². The molecule has 0 heterocycles. The molecule has 0 amide bonds. The molecule has 0 saturated carbocycles. The van der Waals surface area contributed by atoms with Crippen LogP contribution in [-0.2, 0) is 6.42 Å². The third-order valence-corrected chi connectivity index (χ3v) is 2.88. The van der Waals surface area contributed by atoms with Crippen LogP contribution in [0.15, 0.2) is 30.3 Å². The Morgan fingerprint density at radius 3 is 2.14 bits per heavy atom. The fourth-order valence-corrected chi connectivity index (χ4v) is 1.61. The highest BCUT2D eigenvalue weighted by Crippen LogP contribution is 2.09. The summed E-state index contributed by atoms with van der Waals surface area (Å²) >= 11 is 0. The Hall–Kier alpha value is -0.820. The van der Waals surface area contributed by atoms with Gasteiger partial charge in [0.25, 0.3) is 0 Å². The van der Waals surface area contributed by atoms with Gasteiger partial charge in [0, 0.05) is 12.1 Å². The SMILES string of the molecule is CC(C)N(C)C(C)Cc1ccccc1. The van der Waals surface area contributed by atoms with E-state index in [0.29, 0.717) is 12.1 Å². The minimum Gasteiger partial charge on any atom is -0.301 e. The fourth-order valence-electron chi connectivity index (χ4n) is 1.61. The van der Waals surface area contributed by atoms with Crippen LogP contribution in [-0.4, -0.2) is 24.0 Å². The molecule has 0 saturated heterocycles. The van der Waals surface area contributed by atoms with Gasteiger partial charge in [0.05, 0.1) is 0 Å². The molecule has 0 aliphatic heterocycles. The Kier molecular flexibility index (Phi) is 4.15. The predicted molar refractivity (Wildman–Crippen MR) is 62.5 cm³/mol. The van der Waals surface area contributed by atoms with Gasteiger partial charge >= 0.3 is 0 Å². The molecule has 1 atom stereocenters. The molecule has 14 heavy (non-hydrogen) atoms. The topological polar surface area (TPSA) is 3.24 Å². The summed E-state index contributed by atoms with van der Waals surface area (Å²) in [6, 6.07) is 11.9. The van der Waals surface area contributed by atoms with Gasteiger partial charge < -0.3 is 4.90 Å². The monoisotopic (exact) mass is 191 g/mol. The van der Waals surface area contributed by atoms with Crippen molar-refractivity contribution in [2.45, 2.75) is 39.3 Å². The van der Waals surface area contributed by atoms with Gasteiger partial charge in [-0.05, 0) is 39.8 Å². The van der Waals surface area contributed by atoms with E-state index in [-0.39, 0.29) is 0 Å². The molecule has 0 N–H and O–H groups in total. The summed E-state index contributed by atoms with van der Waals surface area (Å²) in [5, 5.41) is 0. The molecule has 0 radical (unpaired) electrons. The highest BCUT2D eigenvalue weighted by atomic mass is 15.1. The first kappa shape index (κ1) is 11.3. The van der Waals surface area contributed by atoms with Crippen LogP contribution in [0.1, 0.15) is 26.3 Å². The van der Waals surface area contributed by atoms with E-state index < -0.39 is 0 Å². The molecule has 1 heteroatoms. The lowest BCUT2D eigenvalue weighted by molar-refractivity contribution is 0.207. The summed E-state index contributed by atoms with van der Waals surface area (Å²) in [6.45, 7) is 6.76. The highest BCUT2D eigenvalue weighted by molar-refractivity contribution is 5.15. The van der Waals surface area contributed by atoms with Gasteiger partial charge in [-0.25, -0.2) is 0 Å². The first-order valence-electron chi connectivity index (χ1n) is 5.37. The number of likely N-dealkylation sites (N-methyl/N-ethyl adjacent to an activating group) is 1. The van der Waals surface area contributed by atoms with E-state index >= 15 is 0 Å². The zero-order valence-electron chi connectivity index (χ0n) is 9.70. The minimum atomic E-state index is 0.609. The van der Waals surface area contributed by atoms with Gasteiger partial charge in [-0.15, -0.1) is 0 Å². The van der Waals surface area contributed by atoms with Crippen molar-refractivity contribution in [1.82, 2.24) is 4.90 Å². The third-order valence-electron chi connectivity index (χ3n) is 2.88. The molecule has 0 aromatic heterocycles. The molecule has 1 unspecified atom stereocenters. The Labute approximate surface area is 87.7 Å². The first-order valence-corrected chi connectivity index (χ1v) is 5.37. The maximum atomic E-state index is 2.41. The minimum absolute atomic E-state index is 0.609. The van der Waals surface area contributed by atoms with Crippen LogP contribution in [0.3, 0.4) is 0 Å². The van der Waals surface area contributed by atoms with Gasteiger partial charge in [0.15, 0.2) is 0 Å². The largest absolute Gasteiger partial charge is 0.301 e. The lowest BCUT2D eigenvalue weighted by atomic mass is 10.1. The molecule has 78 valence electrons. The van der Waals surface area contributed by atoms with Crippen molar-refractivity contribution in [2.24, 2.45) is 0 Å². The number of benzene rings is 1. The van der Waals surface area contributed by atoms with E-state index in [1.165, 1.54) is 5.56 Å². The lowest BCUT2D eigenvalue weighted by Gasteiger charge is -2.28. The van der Waals surface area contributed by atoms with Crippen molar-refractivity contribution < 1.29 is 0 Å². The summed E-state index contributed by atoms with van der Waals surface area (Å²) in [5.74, 6) is 0. The van der Waals surface area contributed by atoms with Crippen molar-refractivity contribution in [3.8, 4) is 0 Å². The zero-order chi connectivity index (χ0) is 10.6. The number of hydrogen-bond donors (Lipinski definition) is 0. The number of hydrogen-bond acceptors (Lipinski definition) is 1. The molecule has 0 bridgehead atoms. The van der Waals surface area contributed by atoms with E-state index in [0.717, 1.165) is 6.42 Å². The Morgan fingerprint density at radius 1 is 1.07 bits per heavy atom. The van der Waals surface area contributed by atoms with Gasteiger partial charge in [-0.3, -0.25) is 0 Å². The van der Waals surface area contributed by atoms with Gasteiger partial charge in [-0.1, -0.05) is 30.3 Å². The van der Waals surface area contributed by atoms with Crippen molar-refractivity contribution in [3.05, 3.63) is 35.9 Å². The fraction of sp³-hybridized carbons (Fsp3) is 0.538. The second kappa shape index (κ2) is 5.16. The standard InChI is InChI=1S/C13H21N/c1-11(2)14(4)12(3)10-13-8-6-5-7-9-13/h5-9,11-12H,10H2,1-4H3. The summed E-state index contributed by atoms with van der Waals surface area (Å²) < 4.78 is 0. The van der Waals surface area contributed by atoms with Crippen molar-refractivity contribution in [2.75, 3.05) is 7.05 Å². The number of rotatable bonds is 4. The third kappa shape index (κ3) is 3.15. The molecule has 1 rings (SSSR count). The highest BCUT2D eigenvalue weighted by Gasteiger charge is 2.11. The molecule has 0 fully saturated rings. The molecule has 1 aromatic rings. The second-order valence-electron chi connectivity index (χ2n) is 4.30. The van der Waals surface area contributed by atoms with Gasteiger partial charge in [-0.2, -0.15) is 0 Å². The molecular formula is C13H21N. The van der Waals surface area contributed by atoms with Gasteiger partial charge in [0.2, 0.25) is 0 Å². The summed E-state index contributed by atoms with van der Waals surface area (Å²) in [5.41, 5.74) is 1.42.